The molecule has 3 aliphatic rings. The quantitative estimate of drug-likeness (QED) is 0.898. The van der Waals surface area contributed by atoms with Crippen molar-refractivity contribution in [2.45, 2.75) is 37.5 Å². The number of aromatic nitrogens is 1. The lowest BCUT2D eigenvalue weighted by atomic mass is 9.70. The Morgan fingerprint density at radius 1 is 1.39 bits per heavy atom. The lowest BCUT2D eigenvalue weighted by Crippen LogP contribution is -2.70. The molecule has 1 N–H and O–H groups in total. The van der Waals surface area contributed by atoms with Gasteiger partial charge in [-0.1, -0.05) is 0 Å². The van der Waals surface area contributed by atoms with Gasteiger partial charge in [-0.15, -0.1) is 0 Å². The SMILES string of the molecule is N#Cc1ccc(C(=O)N[C@H]2[C@H]3CCO[C@H]3[C@@H]2N2CCCC2)cn1. The van der Waals surface area contributed by atoms with Gasteiger partial charge in [0.25, 0.3) is 5.91 Å². The molecule has 23 heavy (non-hydrogen) atoms. The number of fused-ring (bicyclic) bond motifs is 1. The second-order valence-electron chi connectivity index (χ2n) is 6.56. The normalized spacial score (nSPS) is 32.8. The number of nitrogens with zero attached hydrogens (tertiary/aromatic N) is 3. The van der Waals surface area contributed by atoms with Crippen LogP contribution in [-0.4, -0.2) is 53.7 Å². The summed E-state index contributed by atoms with van der Waals surface area (Å²) < 4.78 is 5.88. The number of pyridine rings is 1. The van der Waals surface area contributed by atoms with Crippen LogP contribution in [0.4, 0.5) is 0 Å². The molecule has 0 radical (unpaired) electrons. The van der Waals surface area contributed by atoms with Gasteiger partial charge in [-0.25, -0.2) is 4.98 Å². The van der Waals surface area contributed by atoms with E-state index < -0.39 is 0 Å². The molecule has 0 bridgehead atoms. The maximum atomic E-state index is 12.5. The molecule has 6 heteroatoms. The van der Waals surface area contributed by atoms with Gasteiger partial charge >= 0.3 is 0 Å². The summed E-state index contributed by atoms with van der Waals surface area (Å²) in [6.07, 6.45) is 5.23. The van der Waals surface area contributed by atoms with E-state index in [4.69, 9.17) is 10.00 Å². The van der Waals surface area contributed by atoms with Crippen molar-refractivity contribution in [1.82, 2.24) is 15.2 Å². The van der Waals surface area contributed by atoms with Gasteiger partial charge in [0.15, 0.2) is 0 Å². The highest BCUT2D eigenvalue weighted by molar-refractivity contribution is 5.94. The van der Waals surface area contributed by atoms with E-state index in [1.165, 1.54) is 19.0 Å². The molecule has 1 saturated carbocycles. The van der Waals surface area contributed by atoms with Gasteiger partial charge in [0.05, 0.1) is 23.8 Å². The number of carbonyl (C=O) groups excluding carboxylic acids is 1. The maximum Gasteiger partial charge on any atom is 0.253 e. The van der Waals surface area contributed by atoms with Gasteiger partial charge in [-0.3, -0.25) is 9.69 Å². The molecular formula is C17H20N4O2. The van der Waals surface area contributed by atoms with Crippen LogP contribution in [0.15, 0.2) is 18.3 Å². The molecule has 3 fully saturated rings. The first-order chi connectivity index (χ1) is 11.3. The average Bonchev–Trinajstić information content (AvgIpc) is 3.23. The van der Waals surface area contributed by atoms with Crippen LogP contribution in [0.2, 0.25) is 0 Å². The number of carbonyl (C=O) groups is 1. The molecule has 0 spiro atoms. The van der Waals surface area contributed by atoms with Crippen LogP contribution in [0.5, 0.6) is 0 Å². The Kier molecular flexibility index (Phi) is 3.76. The Morgan fingerprint density at radius 2 is 2.22 bits per heavy atom. The lowest BCUT2D eigenvalue weighted by Gasteiger charge is -2.51. The van der Waals surface area contributed by atoms with Gasteiger partial charge in [-0.05, 0) is 44.5 Å². The summed E-state index contributed by atoms with van der Waals surface area (Å²) in [4.78, 5) is 18.9. The van der Waals surface area contributed by atoms with E-state index in [1.807, 2.05) is 6.07 Å². The number of hydrogen-bond acceptors (Lipinski definition) is 5. The summed E-state index contributed by atoms with van der Waals surface area (Å²) in [5.41, 5.74) is 0.830. The van der Waals surface area contributed by atoms with Gasteiger partial charge in [-0.2, -0.15) is 5.26 Å². The van der Waals surface area contributed by atoms with Crippen molar-refractivity contribution in [2.24, 2.45) is 5.92 Å². The van der Waals surface area contributed by atoms with Gasteiger partial charge < -0.3 is 10.1 Å². The molecule has 0 unspecified atom stereocenters. The third-order valence-electron chi connectivity index (χ3n) is 5.35. The van der Waals surface area contributed by atoms with Crippen LogP contribution in [0, 0.1) is 17.2 Å². The third-order valence-corrected chi connectivity index (χ3v) is 5.35. The number of nitriles is 1. The Morgan fingerprint density at radius 3 is 2.91 bits per heavy atom. The predicted molar refractivity (Wildman–Crippen MR) is 82.6 cm³/mol. The fraction of sp³-hybridized carbons (Fsp3) is 0.588. The molecule has 6 nitrogen and oxygen atoms in total. The van der Waals surface area contributed by atoms with E-state index in [0.29, 0.717) is 23.2 Å². The third kappa shape index (κ3) is 2.50. The highest BCUT2D eigenvalue weighted by atomic mass is 16.5. The summed E-state index contributed by atoms with van der Waals surface area (Å²) in [6, 6.07) is 5.66. The highest BCUT2D eigenvalue weighted by Crippen LogP contribution is 2.42. The highest BCUT2D eigenvalue weighted by Gasteiger charge is 2.56. The maximum absolute atomic E-state index is 12.5. The predicted octanol–water partition coefficient (Wildman–Crippen LogP) is 0.935. The number of ether oxygens (including phenoxy) is 1. The second kappa shape index (κ2) is 5.91. The zero-order valence-corrected chi connectivity index (χ0v) is 12.9. The molecule has 1 aliphatic carbocycles. The minimum atomic E-state index is -0.110. The zero-order chi connectivity index (χ0) is 15.8. The topological polar surface area (TPSA) is 78.2 Å². The number of likely N-dealkylation sites (tertiary alicyclic amines) is 1. The summed E-state index contributed by atoms with van der Waals surface area (Å²) in [6.45, 7) is 2.99. The Bertz CT molecular complexity index is 628. The standard InChI is InChI=1S/C17H20N4O2/c18-9-12-4-3-11(10-19-12)17(22)20-14-13-5-8-23-16(13)15(14)21-6-1-2-7-21/h3-4,10,13-16H,1-2,5-8H2,(H,20,22)/t13-,14+,15-,16-/m1/s1. The van der Waals surface area contributed by atoms with Crippen LogP contribution >= 0.6 is 0 Å². The van der Waals surface area contributed by atoms with Crippen molar-refractivity contribution in [3.63, 3.8) is 0 Å². The molecule has 120 valence electrons. The Labute approximate surface area is 135 Å². The minimum absolute atomic E-state index is 0.110. The molecule has 0 aromatic carbocycles. The molecule has 1 aromatic rings. The largest absolute Gasteiger partial charge is 0.376 e. The molecule has 1 aromatic heterocycles. The summed E-state index contributed by atoms with van der Waals surface area (Å²) in [5, 5.41) is 12.0. The summed E-state index contributed by atoms with van der Waals surface area (Å²) in [5.74, 6) is 0.317. The lowest BCUT2D eigenvalue weighted by molar-refractivity contribution is -0.0747. The fourth-order valence-corrected chi connectivity index (χ4v) is 4.17. The number of nitrogens with one attached hydrogen (secondary N) is 1. The second-order valence-corrected chi connectivity index (χ2v) is 6.56. The van der Waals surface area contributed by atoms with E-state index in [9.17, 15) is 4.79 Å². The molecule has 2 aliphatic heterocycles. The van der Waals surface area contributed by atoms with Crippen LogP contribution in [-0.2, 0) is 4.74 Å². The smallest absolute Gasteiger partial charge is 0.253 e. The van der Waals surface area contributed by atoms with E-state index >= 15 is 0 Å². The van der Waals surface area contributed by atoms with E-state index in [-0.39, 0.29) is 18.1 Å². The van der Waals surface area contributed by atoms with E-state index in [2.05, 4.69) is 15.2 Å². The number of hydrogen-bond donors (Lipinski definition) is 1. The van der Waals surface area contributed by atoms with E-state index in [1.54, 1.807) is 12.1 Å². The first-order valence-corrected chi connectivity index (χ1v) is 8.30. The van der Waals surface area contributed by atoms with Crippen molar-refractivity contribution in [3.8, 4) is 6.07 Å². The fourth-order valence-electron chi connectivity index (χ4n) is 4.17. The molecule has 4 rings (SSSR count). The molecule has 3 heterocycles. The Hall–Kier alpha value is -1.97. The van der Waals surface area contributed by atoms with Crippen molar-refractivity contribution in [1.29, 1.82) is 5.26 Å². The van der Waals surface area contributed by atoms with Gasteiger partial charge in [0.1, 0.15) is 11.8 Å². The Balaban J connectivity index is 1.47. The summed E-state index contributed by atoms with van der Waals surface area (Å²) in [7, 11) is 0. The zero-order valence-electron chi connectivity index (χ0n) is 12.9. The van der Waals surface area contributed by atoms with Crippen molar-refractivity contribution in [2.75, 3.05) is 19.7 Å². The first kappa shape index (κ1) is 14.6. The average molecular weight is 312 g/mol. The van der Waals surface area contributed by atoms with Crippen LogP contribution in [0.3, 0.4) is 0 Å². The van der Waals surface area contributed by atoms with Crippen LogP contribution in [0.1, 0.15) is 35.3 Å². The minimum Gasteiger partial charge on any atom is -0.376 e. The molecule has 1 amide bonds. The molecular weight excluding hydrogens is 292 g/mol. The molecule has 2 saturated heterocycles. The van der Waals surface area contributed by atoms with Crippen LogP contribution in [0.25, 0.3) is 0 Å². The van der Waals surface area contributed by atoms with Crippen molar-refractivity contribution < 1.29 is 9.53 Å². The number of amides is 1. The number of rotatable bonds is 3. The van der Waals surface area contributed by atoms with Crippen molar-refractivity contribution >= 4 is 5.91 Å². The summed E-state index contributed by atoms with van der Waals surface area (Å²) >= 11 is 0. The van der Waals surface area contributed by atoms with Crippen LogP contribution < -0.4 is 5.32 Å². The van der Waals surface area contributed by atoms with Gasteiger partial charge in [0.2, 0.25) is 0 Å². The monoisotopic (exact) mass is 312 g/mol. The van der Waals surface area contributed by atoms with Gasteiger partial charge in [0, 0.05) is 18.7 Å². The first-order valence-electron chi connectivity index (χ1n) is 8.30. The van der Waals surface area contributed by atoms with E-state index in [0.717, 1.165) is 26.1 Å². The molecule has 4 atom stereocenters. The van der Waals surface area contributed by atoms with Crippen molar-refractivity contribution in [3.05, 3.63) is 29.6 Å².